The lowest BCUT2D eigenvalue weighted by molar-refractivity contribution is -0.385. The summed E-state index contributed by atoms with van der Waals surface area (Å²) in [6.07, 6.45) is 0. The van der Waals surface area contributed by atoms with Crippen molar-refractivity contribution < 1.29 is 9.72 Å². The van der Waals surface area contributed by atoms with Gasteiger partial charge in [-0.15, -0.1) is 11.3 Å². The molecule has 0 spiro atoms. The Hall–Kier alpha value is -3.06. The molecule has 0 bridgehead atoms. The maximum absolute atomic E-state index is 12.7. The number of aromatic nitrogens is 1. The van der Waals surface area contributed by atoms with Crippen LogP contribution in [0.3, 0.4) is 0 Å². The molecule has 0 radical (unpaired) electrons. The van der Waals surface area contributed by atoms with Crippen molar-refractivity contribution in [2.75, 3.05) is 0 Å². The lowest BCUT2D eigenvalue weighted by atomic mass is 10.0. The molecular weight excluding hydrogens is 374 g/mol. The Bertz CT molecular complexity index is 1140. The summed E-state index contributed by atoms with van der Waals surface area (Å²) in [6, 6.07) is 12.2. The van der Waals surface area contributed by atoms with Gasteiger partial charge in [-0.2, -0.15) is 4.99 Å². The third kappa shape index (κ3) is 3.66. The van der Waals surface area contributed by atoms with Crippen LogP contribution in [0.1, 0.15) is 33.3 Å². The molecule has 0 fully saturated rings. The van der Waals surface area contributed by atoms with Gasteiger partial charge in [0.15, 0.2) is 4.80 Å². The first-order valence-corrected chi connectivity index (χ1v) is 9.75. The number of thiazole rings is 1. The number of amides is 1. The Labute approximate surface area is 167 Å². The largest absolute Gasteiger partial charge is 0.316 e. The number of hydrogen-bond acceptors (Lipinski definition) is 4. The van der Waals surface area contributed by atoms with E-state index in [1.54, 1.807) is 6.07 Å². The van der Waals surface area contributed by atoms with Crippen LogP contribution in [-0.4, -0.2) is 15.4 Å². The molecule has 0 saturated heterocycles. The minimum Gasteiger partial charge on any atom is -0.316 e. The summed E-state index contributed by atoms with van der Waals surface area (Å²) < 4.78 is 1.98. The number of nitrogens with zero attached hydrogens (tertiary/aromatic N) is 3. The number of rotatable bonds is 4. The normalized spacial score (nSPS) is 11.6. The van der Waals surface area contributed by atoms with Crippen LogP contribution in [0.2, 0.25) is 0 Å². The van der Waals surface area contributed by atoms with Crippen molar-refractivity contribution in [2.45, 2.75) is 34.2 Å². The lowest BCUT2D eigenvalue weighted by Crippen LogP contribution is -2.17. The molecule has 0 aliphatic carbocycles. The average Bonchev–Trinajstić information content (AvgIpc) is 2.98. The topological polar surface area (TPSA) is 77.5 Å². The van der Waals surface area contributed by atoms with Crippen molar-refractivity contribution in [2.24, 2.45) is 4.99 Å². The molecular formula is C21H21N3O3S. The molecule has 3 aromatic rings. The van der Waals surface area contributed by atoms with E-state index in [0.717, 1.165) is 16.1 Å². The quantitative estimate of drug-likeness (QED) is 0.470. The van der Waals surface area contributed by atoms with Gasteiger partial charge in [0.1, 0.15) is 5.56 Å². The summed E-state index contributed by atoms with van der Waals surface area (Å²) in [5.74, 6) is -0.609. The Kier molecular flexibility index (Phi) is 5.56. The third-order valence-electron chi connectivity index (χ3n) is 4.70. The van der Waals surface area contributed by atoms with E-state index in [0.29, 0.717) is 11.3 Å². The predicted molar refractivity (Wildman–Crippen MR) is 111 cm³/mol. The van der Waals surface area contributed by atoms with E-state index < -0.39 is 10.8 Å². The van der Waals surface area contributed by atoms with Crippen LogP contribution in [0.15, 0.2) is 47.5 Å². The van der Waals surface area contributed by atoms with Crippen molar-refractivity contribution >= 4 is 22.9 Å². The summed E-state index contributed by atoms with van der Waals surface area (Å²) in [4.78, 5) is 29.1. The summed E-state index contributed by atoms with van der Waals surface area (Å²) >= 11 is 1.41. The molecule has 2 aromatic carbocycles. The molecule has 144 valence electrons. The Morgan fingerprint density at radius 2 is 1.86 bits per heavy atom. The van der Waals surface area contributed by atoms with Gasteiger partial charge in [0.05, 0.1) is 10.6 Å². The van der Waals surface area contributed by atoms with Gasteiger partial charge in [-0.1, -0.05) is 24.3 Å². The van der Waals surface area contributed by atoms with Crippen molar-refractivity contribution in [3.8, 4) is 11.3 Å². The molecule has 0 aliphatic heterocycles. The first-order valence-electron chi connectivity index (χ1n) is 8.93. The van der Waals surface area contributed by atoms with Gasteiger partial charge in [-0.25, -0.2) is 0 Å². The highest BCUT2D eigenvalue weighted by Crippen LogP contribution is 2.27. The summed E-state index contributed by atoms with van der Waals surface area (Å²) in [5.41, 5.74) is 4.26. The molecule has 7 heteroatoms. The predicted octanol–water partition coefficient (Wildman–Crippen LogP) is 4.81. The third-order valence-corrected chi connectivity index (χ3v) is 5.70. The molecule has 0 N–H and O–H groups in total. The van der Waals surface area contributed by atoms with Gasteiger partial charge >= 0.3 is 0 Å². The number of para-hydroxylation sites is 1. The molecule has 28 heavy (non-hydrogen) atoms. The monoisotopic (exact) mass is 395 g/mol. The molecule has 1 heterocycles. The zero-order valence-electron chi connectivity index (χ0n) is 16.2. The zero-order chi connectivity index (χ0) is 20.4. The van der Waals surface area contributed by atoms with Crippen molar-refractivity contribution in [3.63, 3.8) is 0 Å². The van der Waals surface area contributed by atoms with Crippen molar-refractivity contribution in [1.29, 1.82) is 0 Å². The van der Waals surface area contributed by atoms with E-state index in [-0.39, 0.29) is 11.3 Å². The van der Waals surface area contributed by atoms with E-state index in [4.69, 9.17) is 0 Å². The molecule has 0 aliphatic rings. The van der Waals surface area contributed by atoms with E-state index in [2.05, 4.69) is 37.0 Å². The molecule has 1 amide bonds. The highest BCUT2D eigenvalue weighted by molar-refractivity contribution is 7.09. The number of nitro benzene ring substituents is 1. The molecule has 3 rings (SSSR count). The maximum atomic E-state index is 12.7. The number of nitro groups is 1. The molecule has 0 unspecified atom stereocenters. The van der Waals surface area contributed by atoms with Crippen LogP contribution >= 0.6 is 11.3 Å². The fourth-order valence-corrected chi connectivity index (χ4v) is 4.17. The van der Waals surface area contributed by atoms with Gasteiger partial charge in [0.2, 0.25) is 0 Å². The molecule has 0 saturated carbocycles. The highest BCUT2D eigenvalue weighted by atomic mass is 32.1. The van der Waals surface area contributed by atoms with E-state index in [1.165, 1.54) is 40.7 Å². The van der Waals surface area contributed by atoms with Crippen LogP contribution in [0.25, 0.3) is 11.3 Å². The van der Waals surface area contributed by atoms with E-state index in [9.17, 15) is 14.9 Å². The number of hydrogen-bond donors (Lipinski definition) is 0. The van der Waals surface area contributed by atoms with Crippen molar-refractivity contribution in [3.05, 3.63) is 78.9 Å². The molecule has 6 nitrogen and oxygen atoms in total. The first-order chi connectivity index (χ1) is 13.3. The second-order valence-electron chi connectivity index (χ2n) is 6.52. The van der Waals surface area contributed by atoms with E-state index in [1.807, 2.05) is 18.4 Å². The van der Waals surface area contributed by atoms with Crippen LogP contribution in [-0.2, 0) is 6.54 Å². The van der Waals surface area contributed by atoms with Gasteiger partial charge in [0, 0.05) is 17.5 Å². The minimum absolute atomic E-state index is 0.00561. The fourth-order valence-electron chi connectivity index (χ4n) is 3.11. The summed E-state index contributed by atoms with van der Waals surface area (Å²) in [6.45, 7) is 8.76. The van der Waals surface area contributed by atoms with Gasteiger partial charge in [0.25, 0.3) is 11.6 Å². The van der Waals surface area contributed by atoms with Crippen molar-refractivity contribution in [1.82, 2.24) is 4.57 Å². The fraction of sp³-hybridized carbons (Fsp3) is 0.238. The van der Waals surface area contributed by atoms with Crippen LogP contribution in [0, 0.1) is 30.9 Å². The number of carbonyl (C=O) groups is 1. The average molecular weight is 395 g/mol. The summed E-state index contributed by atoms with van der Waals surface area (Å²) in [5, 5.41) is 11.2. The highest BCUT2D eigenvalue weighted by Gasteiger charge is 2.20. The smallest absolute Gasteiger partial charge is 0.286 e. The lowest BCUT2D eigenvalue weighted by Gasteiger charge is -2.10. The standard InChI is InChI=1S/C21H21N3O3S/c1-5-23-19(16-11-10-13(2)14(3)12-16)15(4)28-21(23)22-20(25)17-8-6-7-9-18(17)24(26)27/h6-12H,5H2,1-4H3. The van der Waals surface area contributed by atoms with Gasteiger partial charge < -0.3 is 4.57 Å². The minimum atomic E-state index is -0.609. The number of benzene rings is 2. The maximum Gasteiger partial charge on any atom is 0.286 e. The zero-order valence-corrected chi connectivity index (χ0v) is 17.0. The van der Waals surface area contributed by atoms with Gasteiger partial charge in [-0.05, 0) is 56.5 Å². The molecule has 0 atom stereocenters. The Balaban J connectivity index is 2.15. The van der Waals surface area contributed by atoms with Crippen LogP contribution in [0.5, 0.6) is 0 Å². The molecule has 1 aromatic heterocycles. The SMILES string of the molecule is CCn1c(-c2ccc(C)c(C)c2)c(C)sc1=NC(=O)c1ccccc1[N+](=O)[O-]. The Morgan fingerprint density at radius 1 is 1.14 bits per heavy atom. The second kappa shape index (κ2) is 7.90. The second-order valence-corrected chi connectivity index (χ2v) is 7.71. The van der Waals surface area contributed by atoms with Crippen LogP contribution < -0.4 is 4.80 Å². The summed E-state index contributed by atoms with van der Waals surface area (Å²) in [7, 11) is 0. The van der Waals surface area contributed by atoms with Gasteiger partial charge in [-0.3, -0.25) is 14.9 Å². The number of aryl methyl sites for hydroxylation is 3. The van der Waals surface area contributed by atoms with Crippen LogP contribution in [0.4, 0.5) is 5.69 Å². The number of carbonyl (C=O) groups excluding carboxylic acids is 1. The first kappa shape index (κ1) is 19.7. The Morgan fingerprint density at radius 3 is 2.50 bits per heavy atom. The van der Waals surface area contributed by atoms with E-state index >= 15 is 0 Å².